The highest BCUT2D eigenvalue weighted by atomic mass is 32.2. The summed E-state index contributed by atoms with van der Waals surface area (Å²) in [5.41, 5.74) is 1.02. The molecule has 0 saturated carbocycles. The van der Waals surface area contributed by atoms with Crippen LogP contribution < -0.4 is 5.32 Å². The van der Waals surface area contributed by atoms with Crippen molar-refractivity contribution in [2.45, 2.75) is 24.3 Å². The van der Waals surface area contributed by atoms with Gasteiger partial charge in [-0.3, -0.25) is 14.9 Å². The molecular formula is C17H18N2O5S. The van der Waals surface area contributed by atoms with Crippen molar-refractivity contribution in [2.75, 3.05) is 6.26 Å². The molecule has 1 atom stereocenters. The van der Waals surface area contributed by atoms with Gasteiger partial charge in [-0.2, -0.15) is 0 Å². The van der Waals surface area contributed by atoms with Gasteiger partial charge in [0.05, 0.1) is 15.9 Å². The third kappa shape index (κ3) is 4.63. The molecule has 0 aromatic heterocycles. The van der Waals surface area contributed by atoms with Gasteiger partial charge in [-0.25, -0.2) is 8.42 Å². The summed E-state index contributed by atoms with van der Waals surface area (Å²) in [5, 5.41) is 13.5. The molecule has 25 heavy (non-hydrogen) atoms. The Morgan fingerprint density at radius 1 is 1.12 bits per heavy atom. The fourth-order valence-electron chi connectivity index (χ4n) is 2.34. The van der Waals surface area contributed by atoms with Crippen molar-refractivity contribution >= 4 is 21.4 Å². The summed E-state index contributed by atoms with van der Waals surface area (Å²) in [5.74, 6) is -0.353. The van der Waals surface area contributed by atoms with E-state index in [1.165, 1.54) is 36.4 Å². The molecule has 0 fully saturated rings. The second kappa shape index (κ2) is 7.43. The molecule has 0 bridgehead atoms. The van der Waals surface area contributed by atoms with Crippen molar-refractivity contribution in [1.29, 1.82) is 0 Å². The minimum Gasteiger partial charge on any atom is -0.345 e. The van der Waals surface area contributed by atoms with Gasteiger partial charge in [0.2, 0.25) is 0 Å². The molecule has 7 nitrogen and oxygen atoms in total. The number of nitro benzene ring substituents is 1. The van der Waals surface area contributed by atoms with Crippen LogP contribution in [0.1, 0.15) is 35.3 Å². The zero-order valence-corrected chi connectivity index (χ0v) is 14.6. The maximum Gasteiger partial charge on any atom is 0.269 e. The minimum absolute atomic E-state index is 0.0834. The third-order valence-corrected chi connectivity index (χ3v) is 4.89. The highest BCUT2D eigenvalue weighted by Gasteiger charge is 2.16. The Balaban J connectivity index is 2.15. The van der Waals surface area contributed by atoms with Crippen LogP contribution in [0.5, 0.6) is 0 Å². The lowest BCUT2D eigenvalue weighted by molar-refractivity contribution is -0.384. The number of carbonyl (C=O) groups is 1. The second-order valence-electron chi connectivity index (χ2n) is 5.58. The highest BCUT2D eigenvalue weighted by molar-refractivity contribution is 7.90. The number of sulfone groups is 1. The summed E-state index contributed by atoms with van der Waals surface area (Å²) in [6.07, 6.45) is 1.74. The van der Waals surface area contributed by atoms with E-state index < -0.39 is 14.8 Å². The molecule has 0 radical (unpaired) electrons. The first-order valence-corrected chi connectivity index (χ1v) is 9.47. The lowest BCUT2D eigenvalue weighted by Crippen LogP contribution is -2.28. The van der Waals surface area contributed by atoms with Crippen molar-refractivity contribution in [1.82, 2.24) is 5.32 Å². The van der Waals surface area contributed by atoms with Gasteiger partial charge in [0.15, 0.2) is 9.84 Å². The molecule has 1 unspecified atom stereocenters. The van der Waals surface area contributed by atoms with Gasteiger partial charge in [0.1, 0.15) is 0 Å². The SMILES string of the molecule is CCC(NC(=O)c1ccc([N+](=O)[O-])cc1)c1ccc(S(C)(=O)=O)cc1. The smallest absolute Gasteiger partial charge is 0.269 e. The number of rotatable bonds is 6. The van der Waals surface area contributed by atoms with E-state index in [2.05, 4.69) is 5.32 Å². The Bertz CT molecular complexity index is 874. The number of hydrogen-bond donors (Lipinski definition) is 1. The number of nitro groups is 1. The lowest BCUT2D eigenvalue weighted by atomic mass is 10.0. The molecule has 2 rings (SSSR count). The van der Waals surface area contributed by atoms with Crippen molar-refractivity contribution in [3.05, 3.63) is 69.8 Å². The van der Waals surface area contributed by atoms with E-state index in [1.54, 1.807) is 12.1 Å². The maximum absolute atomic E-state index is 12.3. The molecule has 2 aromatic carbocycles. The first kappa shape index (κ1) is 18.6. The van der Waals surface area contributed by atoms with Gasteiger partial charge in [-0.05, 0) is 36.2 Å². The van der Waals surface area contributed by atoms with Crippen LogP contribution in [0.3, 0.4) is 0 Å². The third-order valence-electron chi connectivity index (χ3n) is 3.76. The van der Waals surface area contributed by atoms with Crippen LogP contribution in [0.25, 0.3) is 0 Å². The number of amides is 1. The molecule has 2 aromatic rings. The van der Waals surface area contributed by atoms with Gasteiger partial charge in [-0.15, -0.1) is 0 Å². The minimum atomic E-state index is -3.27. The average molecular weight is 362 g/mol. The summed E-state index contributed by atoms with van der Waals surface area (Å²) in [6, 6.07) is 11.4. The summed E-state index contributed by atoms with van der Waals surface area (Å²) in [6.45, 7) is 1.89. The largest absolute Gasteiger partial charge is 0.345 e. The average Bonchev–Trinajstić information content (AvgIpc) is 2.59. The predicted molar refractivity (Wildman–Crippen MR) is 93.1 cm³/mol. The van der Waals surface area contributed by atoms with E-state index in [4.69, 9.17) is 0 Å². The van der Waals surface area contributed by atoms with E-state index in [0.29, 0.717) is 12.0 Å². The zero-order chi connectivity index (χ0) is 18.6. The second-order valence-corrected chi connectivity index (χ2v) is 7.60. The zero-order valence-electron chi connectivity index (χ0n) is 13.8. The molecule has 0 aliphatic carbocycles. The summed E-state index contributed by atoms with van der Waals surface area (Å²) < 4.78 is 23.0. The maximum atomic E-state index is 12.3. The van der Waals surface area contributed by atoms with E-state index in [1.807, 2.05) is 6.92 Å². The molecule has 8 heteroatoms. The lowest BCUT2D eigenvalue weighted by Gasteiger charge is -2.18. The van der Waals surface area contributed by atoms with E-state index in [-0.39, 0.29) is 22.5 Å². The summed E-state index contributed by atoms with van der Waals surface area (Å²) >= 11 is 0. The van der Waals surface area contributed by atoms with Crippen LogP contribution in [-0.2, 0) is 9.84 Å². The molecule has 0 spiro atoms. The first-order valence-electron chi connectivity index (χ1n) is 7.57. The van der Waals surface area contributed by atoms with Crippen molar-refractivity contribution < 1.29 is 18.1 Å². The Hall–Kier alpha value is -2.74. The van der Waals surface area contributed by atoms with Gasteiger partial charge < -0.3 is 5.32 Å². The van der Waals surface area contributed by atoms with Crippen LogP contribution >= 0.6 is 0 Å². The van der Waals surface area contributed by atoms with E-state index in [9.17, 15) is 23.3 Å². The number of nitrogens with one attached hydrogen (secondary N) is 1. The molecule has 0 aliphatic heterocycles. The predicted octanol–water partition coefficient (Wildman–Crippen LogP) is 2.88. The van der Waals surface area contributed by atoms with Gasteiger partial charge in [0.25, 0.3) is 11.6 Å². The van der Waals surface area contributed by atoms with Crippen LogP contribution in [0.2, 0.25) is 0 Å². The van der Waals surface area contributed by atoms with Crippen LogP contribution in [0.15, 0.2) is 53.4 Å². The fourth-order valence-corrected chi connectivity index (χ4v) is 2.97. The summed E-state index contributed by atoms with van der Waals surface area (Å²) in [7, 11) is -3.27. The molecular weight excluding hydrogens is 344 g/mol. The normalized spacial score (nSPS) is 12.4. The first-order chi connectivity index (χ1) is 11.7. The monoisotopic (exact) mass is 362 g/mol. The standard InChI is InChI=1S/C17H18N2O5S/c1-3-16(12-6-10-15(11-7-12)25(2,23)24)18-17(20)13-4-8-14(9-5-13)19(21)22/h4-11,16H,3H2,1-2H3,(H,18,20). The van der Waals surface area contributed by atoms with Crippen LogP contribution in [0.4, 0.5) is 5.69 Å². The fraction of sp³-hybridized carbons (Fsp3) is 0.235. The Morgan fingerprint density at radius 2 is 1.68 bits per heavy atom. The molecule has 1 amide bonds. The van der Waals surface area contributed by atoms with Crippen LogP contribution in [0, 0.1) is 10.1 Å². The van der Waals surface area contributed by atoms with Crippen molar-refractivity contribution in [3.8, 4) is 0 Å². The van der Waals surface area contributed by atoms with Gasteiger partial charge >= 0.3 is 0 Å². The highest BCUT2D eigenvalue weighted by Crippen LogP contribution is 2.20. The van der Waals surface area contributed by atoms with Crippen molar-refractivity contribution in [3.63, 3.8) is 0 Å². The molecule has 132 valence electrons. The quantitative estimate of drug-likeness (QED) is 0.628. The topological polar surface area (TPSA) is 106 Å². The number of carbonyl (C=O) groups excluding carboxylic acids is 1. The molecule has 0 saturated heterocycles. The van der Waals surface area contributed by atoms with Crippen molar-refractivity contribution in [2.24, 2.45) is 0 Å². The Labute approximate surface area is 145 Å². The van der Waals surface area contributed by atoms with Gasteiger partial charge in [0, 0.05) is 24.0 Å². The van der Waals surface area contributed by atoms with Gasteiger partial charge in [-0.1, -0.05) is 19.1 Å². The molecule has 0 aliphatic rings. The molecule has 0 heterocycles. The number of benzene rings is 2. The molecule has 1 N–H and O–H groups in total. The Kier molecular flexibility index (Phi) is 5.53. The Morgan fingerprint density at radius 3 is 2.12 bits per heavy atom. The van der Waals surface area contributed by atoms with E-state index >= 15 is 0 Å². The summed E-state index contributed by atoms with van der Waals surface area (Å²) in [4.78, 5) is 22.7. The van der Waals surface area contributed by atoms with E-state index in [0.717, 1.165) is 11.8 Å². The number of hydrogen-bond acceptors (Lipinski definition) is 5. The number of non-ortho nitro benzene ring substituents is 1. The number of nitrogens with zero attached hydrogens (tertiary/aromatic N) is 1. The van der Waals surface area contributed by atoms with Crippen LogP contribution in [-0.4, -0.2) is 25.5 Å².